The van der Waals surface area contributed by atoms with E-state index in [0.29, 0.717) is 13.0 Å². The van der Waals surface area contributed by atoms with E-state index in [4.69, 9.17) is 0 Å². The summed E-state index contributed by atoms with van der Waals surface area (Å²) in [5.41, 5.74) is 2.97. The molecule has 130 valence electrons. The number of carbonyl (C=O) groups excluding carboxylic acids is 1. The predicted octanol–water partition coefficient (Wildman–Crippen LogP) is 2.06. The summed E-state index contributed by atoms with van der Waals surface area (Å²) in [7, 11) is 0. The van der Waals surface area contributed by atoms with Crippen LogP contribution < -0.4 is 0 Å². The van der Waals surface area contributed by atoms with Crippen LogP contribution in [0.15, 0.2) is 40.4 Å². The lowest BCUT2D eigenvalue weighted by atomic mass is 9.93. The van der Waals surface area contributed by atoms with Crippen LogP contribution in [-0.2, 0) is 22.6 Å². The van der Waals surface area contributed by atoms with Crippen molar-refractivity contribution in [2.45, 2.75) is 31.8 Å². The van der Waals surface area contributed by atoms with Gasteiger partial charge in [-0.15, -0.1) is 0 Å². The molecular weight excluding hydrogens is 338 g/mol. The summed E-state index contributed by atoms with van der Waals surface area (Å²) in [6.07, 6.45) is 1.56. The van der Waals surface area contributed by atoms with Gasteiger partial charge in [-0.1, -0.05) is 36.0 Å². The summed E-state index contributed by atoms with van der Waals surface area (Å²) in [6, 6.07) is 6.95. The van der Waals surface area contributed by atoms with Gasteiger partial charge in [-0.25, -0.2) is 4.79 Å². The number of rotatable bonds is 3. The molecule has 3 aliphatic heterocycles. The van der Waals surface area contributed by atoms with Crippen LogP contribution in [0.2, 0.25) is 0 Å². The van der Waals surface area contributed by atoms with Gasteiger partial charge in [-0.2, -0.15) is 0 Å². The van der Waals surface area contributed by atoms with Crippen LogP contribution in [0, 0.1) is 0 Å². The zero-order valence-corrected chi connectivity index (χ0v) is 14.5. The van der Waals surface area contributed by atoms with E-state index in [2.05, 4.69) is 9.89 Å². The first-order chi connectivity index (χ1) is 12.1. The smallest absolute Gasteiger partial charge is 0.326 e. The number of hydrogen-bond acceptors (Lipinski definition) is 5. The minimum absolute atomic E-state index is 0.138. The third-order valence-corrected chi connectivity index (χ3v) is 5.80. The Balaban J connectivity index is 1.53. The van der Waals surface area contributed by atoms with E-state index in [0.717, 1.165) is 41.5 Å². The number of thioether (sulfide) groups is 1. The Bertz CT molecular complexity index is 790. The van der Waals surface area contributed by atoms with E-state index in [9.17, 15) is 14.7 Å². The quantitative estimate of drug-likeness (QED) is 0.896. The van der Waals surface area contributed by atoms with Gasteiger partial charge in [0.1, 0.15) is 6.04 Å². The third kappa shape index (κ3) is 3.04. The Morgan fingerprint density at radius 1 is 1.28 bits per heavy atom. The second-order valence-electron chi connectivity index (χ2n) is 6.42. The summed E-state index contributed by atoms with van der Waals surface area (Å²) >= 11 is 1.55. The zero-order valence-electron chi connectivity index (χ0n) is 13.7. The largest absolute Gasteiger partial charge is 0.480 e. The van der Waals surface area contributed by atoms with Gasteiger partial charge in [0.2, 0.25) is 5.91 Å². The van der Waals surface area contributed by atoms with Crippen LogP contribution in [0.3, 0.4) is 0 Å². The summed E-state index contributed by atoms with van der Waals surface area (Å²) in [6.45, 7) is 2.06. The number of amides is 1. The molecule has 4 rings (SSSR count). The Morgan fingerprint density at radius 3 is 2.88 bits per heavy atom. The lowest BCUT2D eigenvalue weighted by Gasteiger charge is -2.35. The van der Waals surface area contributed by atoms with Crippen molar-refractivity contribution in [2.24, 2.45) is 4.99 Å². The van der Waals surface area contributed by atoms with Gasteiger partial charge in [0, 0.05) is 31.8 Å². The minimum atomic E-state index is -0.946. The molecule has 0 unspecified atom stereocenters. The summed E-state index contributed by atoms with van der Waals surface area (Å²) in [4.78, 5) is 32.7. The summed E-state index contributed by atoms with van der Waals surface area (Å²) < 4.78 is 0. The molecule has 0 fully saturated rings. The lowest BCUT2D eigenvalue weighted by Crippen LogP contribution is -2.49. The molecule has 1 amide bonds. The monoisotopic (exact) mass is 357 g/mol. The van der Waals surface area contributed by atoms with Crippen LogP contribution in [-0.4, -0.2) is 51.1 Å². The highest BCUT2D eigenvalue weighted by molar-refractivity contribution is 8.16. The van der Waals surface area contributed by atoms with Crippen molar-refractivity contribution in [3.63, 3.8) is 0 Å². The number of benzene rings is 1. The fraction of sp³-hybridized carbons (Fsp3) is 0.389. The van der Waals surface area contributed by atoms with Crippen LogP contribution in [0.5, 0.6) is 0 Å². The van der Waals surface area contributed by atoms with Crippen molar-refractivity contribution in [2.75, 3.05) is 13.1 Å². The number of fused-ring (bicyclic) bond motifs is 2. The molecule has 1 N–H and O–H groups in total. The number of carbonyl (C=O) groups is 2. The maximum Gasteiger partial charge on any atom is 0.326 e. The predicted molar refractivity (Wildman–Crippen MR) is 96.0 cm³/mol. The van der Waals surface area contributed by atoms with Crippen LogP contribution in [0.25, 0.3) is 0 Å². The fourth-order valence-corrected chi connectivity index (χ4v) is 4.49. The Hall–Kier alpha value is -2.28. The van der Waals surface area contributed by atoms with E-state index < -0.39 is 12.0 Å². The molecule has 1 atom stereocenters. The van der Waals surface area contributed by atoms with Crippen LogP contribution in [0.1, 0.15) is 24.0 Å². The van der Waals surface area contributed by atoms with Gasteiger partial charge in [0.25, 0.3) is 0 Å². The maximum absolute atomic E-state index is 12.9. The first-order valence-corrected chi connectivity index (χ1v) is 9.28. The van der Waals surface area contributed by atoms with Crippen molar-refractivity contribution >= 4 is 28.8 Å². The zero-order chi connectivity index (χ0) is 17.4. The molecule has 0 spiro atoms. The van der Waals surface area contributed by atoms with Gasteiger partial charge >= 0.3 is 5.97 Å². The second-order valence-corrected chi connectivity index (χ2v) is 7.26. The van der Waals surface area contributed by atoms with E-state index in [1.807, 2.05) is 29.7 Å². The number of carboxylic acid groups (broad SMARTS) is 1. The molecule has 7 heteroatoms. The van der Waals surface area contributed by atoms with Gasteiger partial charge in [-0.3, -0.25) is 9.79 Å². The SMILES string of the molecule is O=C(O)[C@H]1Cc2ccccc2CN1C(=O)CC1=CSC2=NCCCN12. The molecule has 0 saturated heterocycles. The average Bonchev–Trinajstić information content (AvgIpc) is 3.03. The number of hydrogen-bond donors (Lipinski definition) is 1. The Labute approximate surface area is 150 Å². The summed E-state index contributed by atoms with van der Waals surface area (Å²) in [5, 5.41) is 12.5. The first-order valence-electron chi connectivity index (χ1n) is 8.40. The normalized spacial score (nSPS) is 22.0. The topological polar surface area (TPSA) is 73.2 Å². The molecule has 0 saturated carbocycles. The molecule has 1 aromatic carbocycles. The third-order valence-electron chi connectivity index (χ3n) is 4.85. The average molecular weight is 357 g/mol. The van der Waals surface area contributed by atoms with E-state index in [1.165, 1.54) is 4.90 Å². The van der Waals surface area contributed by atoms with Crippen molar-refractivity contribution < 1.29 is 14.7 Å². The standard InChI is InChI=1S/C18H19N3O3S/c22-16(9-14-11-25-18-19-6-3-7-20(14)18)21-10-13-5-2-1-4-12(13)8-15(21)17(23)24/h1-2,4-5,11,15H,3,6-10H2,(H,23,24)/t15-/m1/s1. The van der Waals surface area contributed by atoms with E-state index >= 15 is 0 Å². The van der Waals surface area contributed by atoms with Crippen molar-refractivity contribution in [1.82, 2.24) is 9.80 Å². The lowest BCUT2D eigenvalue weighted by molar-refractivity contribution is -0.151. The molecule has 6 nitrogen and oxygen atoms in total. The van der Waals surface area contributed by atoms with E-state index in [-0.39, 0.29) is 12.3 Å². The first kappa shape index (κ1) is 16.2. The molecule has 3 aliphatic rings. The van der Waals surface area contributed by atoms with Gasteiger partial charge in [0.05, 0.1) is 6.42 Å². The molecule has 0 aliphatic carbocycles. The van der Waals surface area contributed by atoms with Crippen molar-refractivity contribution in [3.8, 4) is 0 Å². The molecule has 25 heavy (non-hydrogen) atoms. The number of carboxylic acids is 1. The van der Waals surface area contributed by atoms with Crippen molar-refractivity contribution in [3.05, 3.63) is 46.5 Å². The molecule has 0 bridgehead atoms. The van der Waals surface area contributed by atoms with E-state index in [1.54, 1.807) is 11.8 Å². The molecule has 3 heterocycles. The van der Waals surface area contributed by atoms with Gasteiger partial charge in [-0.05, 0) is 23.0 Å². The number of aliphatic imine (C=N–C) groups is 1. The number of amidine groups is 1. The molecule has 0 aromatic heterocycles. The maximum atomic E-state index is 12.9. The van der Waals surface area contributed by atoms with Gasteiger partial charge in [0.15, 0.2) is 5.17 Å². The molecule has 0 radical (unpaired) electrons. The molecule has 1 aromatic rings. The number of aliphatic carboxylic acids is 1. The fourth-order valence-electron chi connectivity index (χ4n) is 3.54. The highest BCUT2D eigenvalue weighted by atomic mass is 32.2. The highest BCUT2D eigenvalue weighted by Gasteiger charge is 2.36. The van der Waals surface area contributed by atoms with Crippen molar-refractivity contribution in [1.29, 1.82) is 0 Å². The van der Waals surface area contributed by atoms with Crippen LogP contribution >= 0.6 is 11.8 Å². The molecular formula is C18H19N3O3S. The Kier molecular flexibility index (Phi) is 4.25. The highest BCUT2D eigenvalue weighted by Crippen LogP contribution is 2.32. The van der Waals surface area contributed by atoms with Crippen LogP contribution in [0.4, 0.5) is 0 Å². The summed E-state index contributed by atoms with van der Waals surface area (Å²) in [5.74, 6) is -1.08. The minimum Gasteiger partial charge on any atom is -0.480 e. The van der Waals surface area contributed by atoms with Gasteiger partial charge < -0.3 is 14.9 Å². The Morgan fingerprint density at radius 2 is 2.08 bits per heavy atom. The number of nitrogens with zero attached hydrogens (tertiary/aromatic N) is 3. The second kappa shape index (κ2) is 6.55.